The number of hydrogen-bond donors (Lipinski definition) is 2. The summed E-state index contributed by atoms with van der Waals surface area (Å²) in [5.41, 5.74) is 0. The van der Waals surface area contributed by atoms with Crippen LogP contribution in [-0.4, -0.2) is 34.1 Å². The maximum atomic E-state index is 11.9. The van der Waals surface area contributed by atoms with Gasteiger partial charge in [-0.2, -0.15) is 0 Å². The zero-order valence-corrected chi connectivity index (χ0v) is 9.15. The predicted molar refractivity (Wildman–Crippen MR) is 55.2 cm³/mol. The molecular formula is C7H8F2IN3O. The van der Waals surface area contributed by atoms with Crippen molar-refractivity contribution in [2.24, 2.45) is 0 Å². The maximum Gasteiger partial charge on any atom is 0.265 e. The minimum atomic E-state index is -2.76. The number of aliphatic hydroxyl groups is 1. The molecule has 1 unspecified atom stereocenters. The molecule has 1 aromatic heterocycles. The van der Waals surface area contributed by atoms with E-state index in [0.717, 1.165) is 3.57 Å². The summed E-state index contributed by atoms with van der Waals surface area (Å²) in [4.78, 5) is 7.65. The molecule has 1 aromatic rings. The third-order valence-electron chi connectivity index (χ3n) is 1.38. The van der Waals surface area contributed by atoms with Crippen LogP contribution in [0.3, 0.4) is 0 Å². The summed E-state index contributed by atoms with van der Waals surface area (Å²) in [7, 11) is 0. The predicted octanol–water partition coefficient (Wildman–Crippen LogP) is 1.12. The number of rotatable bonds is 4. The van der Waals surface area contributed by atoms with Crippen molar-refractivity contribution in [2.45, 2.75) is 12.5 Å². The Morgan fingerprint density at radius 1 is 1.43 bits per heavy atom. The Bertz CT molecular complexity index is 283. The lowest BCUT2D eigenvalue weighted by atomic mass is 10.4. The molecule has 0 aliphatic carbocycles. The lowest BCUT2D eigenvalue weighted by Crippen LogP contribution is -2.27. The van der Waals surface area contributed by atoms with E-state index < -0.39 is 12.5 Å². The number of nitrogens with zero attached hydrogens (tertiary/aromatic N) is 2. The van der Waals surface area contributed by atoms with Crippen molar-refractivity contribution < 1.29 is 13.9 Å². The van der Waals surface area contributed by atoms with E-state index in [-0.39, 0.29) is 12.5 Å². The van der Waals surface area contributed by atoms with Gasteiger partial charge in [0.15, 0.2) is 0 Å². The number of alkyl halides is 2. The van der Waals surface area contributed by atoms with Gasteiger partial charge >= 0.3 is 0 Å². The summed E-state index contributed by atoms with van der Waals surface area (Å²) in [6.45, 7) is -0.266. The van der Waals surface area contributed by atoms with E-state index >= 15 is 0 Å². The molecule has 0 amide bonds. The molecule has 4 nitrogen and oxygen atoms in total. The second-order valence-electron chi connectivity index (χ2n) is 2.51. The zero-order chi connectivity index (χ0) is 10.6. The SMILES string of the molecule is OC(CNc1ncc(I)cn1)C(F)F. The summed E-state index contributed by atoms with van der Waals surface area (Å²) in [6.07, 6.45) is -1.36. The molecule has 1 heterocycles. The summed E-state index contributed by atoms with van der Waals surface area (Å²) < 4.78 is 24.6. The Kier molecular flexibility index (Phi) is 4.39. The van der Waals surface area contributed by atoms with Crippen molar-refractivity contribution in [3.63, 3.8) is 0 Å². The molecule has 1 atom stereocenters. The van der Waals surface area contributed by atoms with E-state index in [0.29, 0.717) is 0 Å². The Morgan fingerprint density at radius 2 is 2.00 bits per heavy atom. The van der Waals surface area contributed by atoms with Crippen LogP contribution in [-0.2, 0) is 0 Å². The summed E-state index contributed by atoms with van der Waals surface area (Å²) in [5, 5.41) is 11.3. The van der Waals surface area contributed by atoms with Crippen molar-refractivity contribution >= 4 is 28.5 Å². The quantitative estimate of drug-likeness (QED) is 0.818. The molecule has 7 heteroatoms. The number of anilines is 1. The van der Waals surface area contributed by atoms with Crippen LogP contribution < -0.4 is 5.32 Å². The van der Waals surface area contributed by atoms with Gasteiger partial charge in [0.1, 0.15) is 6.10 Å². The average molecular weight is 315 g/mol. The molecule has 0 bridgehead atoms. The number of nitrogens with one attached hydrogen (secondary N) is 1. The largest absolute Gasteiger partial charge is 0.385 e. The summed E-state index contributed by atoms with van der Waals surface area (Å²) >= 11 is 2.03. The first-order chi connectivity index (χ1) is 6.59. The molecule has 0 aromatic carbocycles. The lowest BCUT2D eigenvalue weighted by molar-refractivity contribution is 0.00376. The average Bonchev–Trinajstić information content (AvgIpc) is 2.16. The second kappa shape index (κ2) is 5.35. The maximum absolute atomic E-state index is 11.9. The first-order valence-corrected chi connectivity index (χ1v) is 4.85. The van der Waals surface area contributed by atoms with Crippen molar-refractivity contribution in [1.82, 2.24) is 9.97 Å². The van der Waals surface area contributed by atoms with E-state index in [1.807, 2.05) is 22.6 Å². The number of halogens is 3. The minimum Gasteiger partial charge on any atom is -0.385 e. The zero-order valence-electron chi connectivity index (χ0n) is 6.99. The molecule has 0 radical (unpaired) electrons. The lowest BCUT2D eigenvalue weighted by Gasteiger charge is -2.09. The molecule has 1 rings (SSSR count). The molecule has 14 heavy (non-hydrogen) atoms. The van der Waals surface area contributed by atoms with Gasteiger partial charge in [0, 0.05) is 22.5 Å². The number of aromatic nitrogens is 2. The van der Waals surface area contributed by atoms with Crippen LogP contribution in [0.4, 0.5) is 14.7 Å². The molecule has 0 saturated carbocycles. The third kappa shape index (κ3) is 3.66. The standard InChI is InChI=1S/C7H8F2IN3O/c8-6(9)5(14)3-13-7-11-1-4(10)2-12-7/h1-2,5-6,14H,3H2,(H,11,12,13). The highest BCUT2D eigenvalue weighted by atomic mass is 127. The highest BCUT2D eigenvalue weighted by Gasteiger charge is 2.16. The number of aliphatic hydroxyl groups excluding tert-OH is 1. The van der Waals surface area contributed by atoms with Gasteiger partial charge in [0.05, 0.1) is 0 Å². The second-order valence-corrected chi connectivity index (χ2v) is 3.75. The Labute approximate surface area is 92.9 Å². The van der Waals surface area contributed by atoms with Crippen molar-refractivity contribution in [1.29, 1.82) is 0 Å². The molecular weight excluding hydrogens is 307 g/mol. The first-order valence-electron chi connectivity index (χ1n) is 3.77. The van der Waals surface area contributed by atoms with E-state index in [1.54, 1.807) is 12.4 Å². The molecule has 78 valence electrons. The van der Waals surface area contributed by atoms with Crippen LogP contribution in [0, 0.1) is 3.57 Å². The van der Waals surface area contributed by atoms with Gasteiger partial charge in [0.2, 0.25) is 5.95 Å². The fraction of sp³-hybridized carbons (Fsp3) is 0.429. The Hall–Kier alpha value is -0.570. The van der Waals surface area contributed by atoms with Gasteiger partial charge in [-0.3, -0.25) is 0 Å². The normalized spacial score (nSPS) is 12.9. The molecule has 0 saturated heterocycles. The van der Waals surface area contributed by atoms with Crippen molar-refractivity contribution in [2.75, 3.05) is 11.9 Å². The van der Waals surface area contributed by atoms with Crippen LogP contribution in [0.2, 0.25) is 0 Å². The van der Waals surface area contributed by atoms with Gasteiger partial charge in [-0.25, -0.2) is 18.7 Å². The molecule has 0 aliphatic rings. The Balaban J connectivity index is 2.42. The monoisotopic (exact) mass is 315 g/mol. The van der Waals surface area contributed by atoms with E-state index in [1.165, 1.54) is 0 Å². The van der Waals surface area contributed by atoms with Gasteiger partial charge in [-0.05, 0) is 22.6 Å². The van der Waals surface area contributed by atoms with Crippen LogP contribution in [0.1, 0.15) is 0 Å². The van der Waals surface area contributed by atoms with Gasteiger partial charge in [0.25, 0.3) is 6.43 Å². The van der Waals surface area contributed by atoms with Gasteiger partial charge in [-0.15, -0.1) is 0 Å². The summed E-state index contributed by atoms with van der Waals surface area (Å²) in [5.74, 6) is 0.227. The minimum absolute atomic E-state index is 0.227. The van der Waals surface area contributed by atoms with Crippen molar-refractivity contribution in [3.8, 4) is 0 Å². The molecule has 2 N–H and O–H groups in total. The fourth-order valence-electron chi connectivity index (χ4n) is 0.689. The van der Waals surface area contributed by atoms with Gasteiger partial charge < -0.3 is 10.4 Å². The summed E-state index contributed by atoms with van der Waals surface area (Å²) in [6, 6.07) is 0. The van der Waals surface area contributed by atoms with E-state index in [9.17, 15) is 8.78 Å². The highest BCUT2D eigenvalue weighted by Crippen LogP contribution is 2.04. The molecule has 0 aliphatic heterocycles. The molecule has 0 spiro atoms. The molecule has 0 fully saturated rings. The van der Waals surface area contributed by atoms with Crippen molar-refractivity contribution in [3.05, 3.63) is 16.0 Å². The van der Waals surface area contributed by atoms with Crippen LogP contribution >= 0.6 is 22.6 Å². The van der Waals surface area contributed by atoms with Gasteiger partial charge in [-0.1, -0.05) is 0 Å². The topological polar surface area (TPSA) is 58.0 Å². The number of hydrogen-bond acceptors (Lipinski definition) is 4. The van der Waals surface area contributed by atoms with Crippen LogP contribution in [0.15, 0.2) is 12.4 Å². The first kappa shape index (κ1) is 11.5. The van der Waals surface area contributed by atoms with E-state index in [2.05, 4.69) is 15.3 Å². The smallest absolute Gasteiger partial charge is 0.265 e. The highest BCUT2D eigenvalue weighted by molar-refractivity contribution is 14.1. The van der Waals surface area contributed by atoms with Crippen LogP contribution in [0.5, 0.6) is 0 Å². The third-order valence-corrected chi connectivity index (χ3v) is 1.94. The fourth-order valence-corrected chi connectivity index (χ4v) is 0.967. The Morgan fingerprint density at radius 3 is 2.50 bits per heavy atom. The van der Waals surface area contributed by atoms with E-state index in [4.69, 9.17) is 5.11 Å². The van der Waals surface area contributed by atoms with Crippen LogP contribution in [0.25, 0.3) is 0 Å².